The molecule has 0 spiro atoms. The van der Waals surface area contributed by atoms with E-state index in [1.165, 1.54) is 5.69 Å². The quantitative estimate of drug-likeness (QED) is 0.757. The zero-order valence-electron chi connectivity index (χ0n) is 9.12. The molecule has 3 heteroatoms. The monoisotopic (exact) mass is 201 g/mol. The van der Waals surface area contributed by atoms with Crippen LogP contribution in [0.15, 0.2) is 18.2 Å². The molecule has 1 aliphatic heterocycles. The van der Waals surface area contributed by atoms with Gasteiger partial charge in [-0.1, -0.05) is 0 Å². The molecule has 15 heavy (non-hydrogen) atoms. The van der Waals surface area contributed by atoms with Crippen LogP contribution >= 0.6 is 0 Å². The Morgan fingerprint density at radius 3 is 2.93 bits per heavy atom. The van der Waals surface area contributed by atoms with Crippen LogP contribution in [0.2, 0.25) is 0 Å². The molecule has 3 nitrogen and oxygen atoms in total. The summed E-state index contributed by atoms with van der Waals surface area (Å²) in [4.78, 5) is 2.35. The largest absolute Gasteiger partial charge is 0.382 e. The molecular weight excluding hydrogens is 186 g/mol. The first-order chi connectivity index (χ1) is 7.22. The maximum Gasteiger partial charge on any atom is 0.0992 e. The minimum Gasteiger partial charge on any atom is -0.382 e. The van der Waals surface area contributed by atoms with Crippen LogP contribution in [0.4, 0.5) is 11.4 Å². The van der Waals surface area contributed by atoms with Gasteiger partial charge in [0.25, 0.3) is 0 Å². The van der Waals surface area contributed by atoms with Crippen LogP contribution < -0.4 is 10.2 Å². The van der Waals surface area contributed by atoms with Crippen molar-refractivity contribution >= 4 is 11.4 Å². The zero-order chi connectivity index (χ0) is 10.8. The molecule has 1 N–H and O–H groups in total. The topological polar surface area (TPSA) is 39.1 Å². The van der Waals surface area contributed by atoms with Gasteiger partial charge in [0, 0.05) is 19.1 Å². The Hall–Kier alpha value is -1.69. The third-order valence-electron chi connectivity index (χ3n) is 2.73. The molecule has 0 atom stereocenters. The first-order valence-corrected chi connectivity index (χ1v) is 5.27. The second-order valence-corrected chi connectivity index (χ2v) is 4.06. The molecule has 2 rings (SSSR count). The Labute approximate surface area is 90.3 Å². The average Bonchev–Trinajstić information content (AvgIpc) is 2.27. The number of anilines is 2. The van der Waals surface area contributed by atoms with E-state index >= 15 is 0 Å². The van der Waals surface area contributed by atoms with Gasteiger partial charge >= 0.3 is 0 Å². The number of rotatable bonds is 1. The summed E-state index contributed by atoms with van der Waals surface area (Å²) >= 11 is 0. The molecule has 1 heterocycles. The Balaban J connectivity index is 2.41. The van der Waals surface area contributed by atoms with E-state index in [1.807, 2.05) is 18.2 Å². The van der Waals surface area contributed by atoms with Gasteiger partial charge in [-0.05, 0) is 32.0 Å². The molecule has 1 aromatic rings. The fourth-order valence-electron chi connectivity index (χ4n) is 1.97. The normalized spacial score (nSPS) is 14.4. The van der Waals surface area contributed by atoms with Gasteiger partial charge in [0.15, 0.2) is 0 Å². The van der Waals surface area contributed by atoms with Gasteiger partial charge in [-0.15, -0.1) is 0 Å². The van der Waals surface area contributed by atoms with Crippen LogP contribution in [0.1, 0.15) is 19.4 Å². The van der Waals surface area contributed by atoms with Gasteiger partial charge in [0.2, 0.25) is 0 Å². The molecule has 0 amide bonds. The van der Waals surface area contributed by atoms with Crippen molar-refractivity contribution in [3.63, 3.8) is 0 Å². The molecule has 0 radical (unpaired) electrons. The fraction of sp³-hybridized carbons (Fsp3) is 0.417. The van der Waals surface area contributed by atoms with Crippen molar-refractivity contribution in [3.05, 3.63) is 23.8 Å². The summed E-state index contributed by atoms with van der Waals surface area (Å²) in [6, 6.07) is 8.49. The highest BCUT2D eigenvalue weighted by Crippen LogP contribution is 2.30. The molecule has 0 unspecified atom stereocenters. The van der Waals surface area contributed by atoms with Crippen molar-refractivity contribution in [3.8, 4) is 6.07 Å². The minimum atomic E-state index is 0.499. The van der Waals surface area contributed by atoms with E-state index < -0.39 is 0 Å². The average molecular weight is 201 g/mol. The lowest BCUT2D eigenvalue weighted by Gasteiger charge is -2.35. The SMILES string of the molecule is CC(C)N1CCNc2cc(C#N)ccc21. The summed E-state index contributed by atoms with van der Waals surface area (Å²) in [5, 5.41) is 12.2. The van der Waals surface area contributed by atoms with E-state index in [0.717, 1.165) is 18.8 Å². The zero-order valence-corrected chi connectivity index (χ0v) is 9.12. The lowest BCUT2D eigenvalue weighted by molar-refractivity contribution is 0.681. The molecule has 1 aromatic carbocycles. The first-order valence-electron chi connectivity index (χ1n) is 5.27. The minimum absolute atomic E-state index is 0.499. The van der Waals surface area contributed by atoms with Crippen molar-refractivity contribution in [1.82, 2.24) is 0 Å². The summed E-state index contributed by atoms with van der Waals surface area (Å²) in [6.07, 6.45) is 0. The molecule has 0 aliphatic carbocycles. The number of fused-ring (bicyclic) bond motifs is 1. The molecule has 1 aliphatic rings. The van der Waals surface area contributed by atoms with E-state index in [-0.39, 0.29) is 0 Å². The van der Waals surface area contributed by atoms with Gasteiger partial charge in [-0.2, -0.15) is 5.26 Å². The standard InChI is InChI=1S/C12H15N3/c1-9(2)15-6-5-14-11-7-10(8-13)3-4-12(11)15/h3-4,7,9,14H,5-6H2,1-2H3. The number of nitrogens with one attached hydrogen (secondary N) is 1. The molecule has 78 valence electrons. The fourth-order valence-corrected chi connectivity index (χ4v) is 1.97. The highest BCUT2D eigenvalue weighted by molar-refractivity contribution is 5.74. The molecule has 0 bridgehead atoms. The molecule has 0 saturated heterocycles. The molecule has 0 saturated carbocycles. The van der Waals surface area contributed by atoms with Crippen LogP contribution in [0, 0.1) is 11.3 Å². The number of hydrogen-bond donors (Lipinski definition) is 1. The third-order valence-corrected chi connectivity index (χ3v) is 2.73. The maximum absolute atomic E-state index is 8.82. The Bertz CT molecular complexity index is 404. The van der Waals surface area contributed by atoms with Crippen molar-refractivity contribution < 1.29 is 0 Å². The second kappa shape index (κ2) is 3.82. The van der Waals surface area contributed by atoms with Crippen LogP contribution in [0.5, 0.6) is 0 Å². The lowest BCUT2D eigenvalue weighted by atomic mass is 10.1. The van der Waals surface area contributed by atoms with Crippen molar-refractivity contribution in [2.45, 2.75) is 19.9 Å². The van der Waals surface area contributed by atoms with Gasteiger partial charge in [-0.3, -0.25) is 0 Å². The highest BCUT2D eigenvalue weighted by Gasteiger charge is 2.18. The lowest BCUT2D eigenvalue weighted by Crippen LogP contribution is -2.38. The highest BCUT2D eigenvalue weighted by atomic mass is 15.2. The Morgan fingerprint density at radius 2 is 2.27 bits per heavy atom. The van der Waals surface area contributed by atoms with Gasteiger partial charge in [-0.25, -0.2) is 0 Å². The third kappa shape index (κ3) is 1.75. The van der Waals surface area contributed by atoms with E-state index in [2.05, 4.69) is 30.1 Å². The summed E-state index contributed by atoms with van der Waals surface area (Å²) in [7, 11) is 0. The molecular formula is C12H15N3. The van der Waals surface area contributed by atoms with Gasteiger partial charge in [0.1, 0.15) is 0 Å². The van der Waals surface area contributed by atoms with Crippen LogP contribution in [0.25, 0.3) is 0 Å². The smallest absolute Gasteiger partial charge is 0.0992 e. The predicted molar refractivity (Wildman–Crippen MR) is 62.1 cm³/mol. The predicted octanol–water partition coefficient (Wildman–Crippen LogP) is 2.20. The van der Waals surface area contributed by atoms with Crippen LogP contribution in [0.3, 0.4) is 0 Å². The van der Waals surface area contributed by atoms with Gasteiger partial charge in [0.05, 0.1) is 23.0 Å². The molecule has 0 fully saturated rings. The van der Waals surface area contributed by atoms with Crippen molar-refractivity contribution in [2.24, 2.45) is 0 Å². The van der Waals surface area contributed by atoms with Crippen molar-refractivity contribution in [1.29, 1.82) is 5.26 Å². The summed E-state index contributed by atoms with van der Waals surface area (Å²) in [5.74, 6) is 0. The maximum atomic E-state index is 8.82. The van der Waals surface area contributed by atoms with E-state index in [1.54, 1.807) is 0 Å². The molecule has 0 aromatic heterocycles. The van der Waals surface area contributed by atoms with Crippen LogP contribution in [-0.4, -0.2) is 19.1 Å². The van der Waals surface area contributed by atoms with E-state index in [4.69, 9.17) is 5.26 Å². The van der Waals surface area contributed by atoms with Gasteiger partial charge < -0.3 is 10.2 Å². The summed E-state index contributed by atoms with van der Waals surface area (Å²) in [6.45, 7) is 6.34. The van der Waals surface area contributed by atoms with Crippen molar-refractivity contribution in [2.75, 3.05) is 23.3 Å². The number of benzene rings is 1. The van der Waals surface area contributed by atoms with E-state index in [9.17, 15) is 0 Å². The second-order valence-electron chi connectivity index (χ2n) is 4.06. The van der Waals surface area contributed by atoms with E-state index in [0.29, 0.717) is 11.6 Å². The number of nitriles is 1. The first kappa shape index (κ1) is 9.85. The Morgan fingerprint density at radius 1 is 1.47 bits per heavy atom. The Kier molecular flexibility index (Phi) is 2.51. The van der Waals surface area contributed by atoms with Crippen LogP contribution in [-0.2, 0) is 0 Å². The number of hydrogen-bond acceptors (Lipinski definition) is 3. The summed E-state index contributed by atoms with van der Waals surface area (Å²) in [5.41, 5.74) is 3.00. The summed E-state index contributed by atoms with van der Waals surface area (Å²) < 4.78 is 0. The number of nitrogens with zero attached hydrogens (tertiary/aromatic N) is 2.